The maximum Gasteiger partial charge on any atom is 0.410 e. The van der Waals surface area contributed by atoms with Crippen molar-refractivity contribution in [2.45, 2.75) is 37.1 Å². The molecule has 2 aromatic carbocycles. The molecular weight excluding hydrogens is 377 g/mol. The average Bonchev–Trinajstić information content (AvgIpc) is 2.72. The zero-order chi connectivity index (χ0) is 20.4. The van der Waals surface area contributed by atoms with Crippen LogP contribution >= 0.6 is 0 Å². The van der Waals surface area contributed by atoms with E-state index in [0.29, 0.717) is 18.8 Å². The van der Waals surface area contributed by atoms with Crippen molar-refractivity contribution in [3.05, 3.63) is 65.5 Å². The predicted octanol–water partition coefficient (Wildman–Crippen LogP) is 3.22. The summed E-state index contributed by atoms with van der Waals surface area (Å²) in [5, 5.41) is 11.3. The number of hydrogen-bond donors (Lipinski definition) is 1. The summed E-state index contributed by atoms with van der Waals surface area (Å²) in [6.45, 7) is 0.792. The molecule has 0 radical (unpaired) electrons. The highest BCUT2D eigenvalue weighted by Gasteiger charge is 2.49. The van der Waals surface area contributed by atoms with Gasteiger partial charge >= 0.3 is 6.09 Å². The fraction of sp³-hybridized carbons (Fsp3) is 0.409. The first-order valence-corrected chi connectivity index (χ1v) is 9.63. The molecule has 0 saturated carbocycles. The molecule has 2 aliphatic heterocycles. The van der Waals surface area contributed by atoms with E-state index < -0.39 is 17.5 Å². The molecule has 2 bridgehead atoms. The number of carbonyl (C=O) groups is 1. The Hall–Kier alpha value is -2.64. The molecule has 2 atom stereocenters. The van der Waals surface area contributed by atoms with Crippen molar-refractivity contribution in [2.24, 2.45) is 0 Å². The van der Waals surface area contributed by atoms with Crippen LogP contribution in [0.5, 0.6) is 5.75 Å². The third-order valence-corrected chi connectivity index (χ3v) is 5.66. The van der Waals surface area contributed by atoms with Crippen LogP contribution in [0.2, 0.25) is 0 Å². The number of hydrogen-bond acceptors (Lipinski definition) is 5. The largest absolute Gasteiger partial charge is 0.494 e. The van der Waals surface area contributed by atoms with E-state index in [1.807, 2.05) is 30.3 Å². The summed E-state index contributed by atoms with van der Waals surface area (Å²) >= 11 is 0. The quantitative estimate of drug-likeness (QED) is 0.852. The van der Waals surface area contributed by atoms with Crippen molar-refractivity contribution in [3.8, 4) is 5.75 Å². The molecule has 0 aromatic heterocycles. The van der Waals surface area contributed by atoms with E-state index >= 15 is 0 Å². The molecule has 2 saturated heterocycles. The molecule has 0 spiro atoms. The Balaban J connectivity index is 1.50. The molecule has 6 nitrogen and oxygen atoms in total. The van der Waals surface area contributed by atoms with Gasteiger partial charge < -0.3 is 19.3 Å². The minimum Gasteiger partial charge on any atom is -0.494 e. The summed E-state index contributed by atoms with van der Waals surface area (Å²) < 4.78 is 30.3. The molecule has 7 heteroatoms. The number of methoxy groups -OCH3 is 1. The highest BCUT2D eigenvalue weighted by molar-refractivity contribution is 5.69. The molecule has 2 unspecified atom stereocenters. The predicted molar refractivity (Wildman–Crippen MR) is 103 cm³/mol. The van der Waals surface area contributed by atoms with Gasteiger partial charge in [-0.1, -0.05) is 36.4 Å². The fourth-order valence-electron chi connectivity index (χ4n) is 4.26. The zero-order valence-electron chi connectivity index (χ0n) is 16.2. The van der Waals surface area contributed by atoms with Gasteiger partial charge in [0.15, 0.2) is 11.6 Å². The fourth-order valence-corrected chi connectivity index (χ4v) is 4.26. The molecule has 0 aliphatic carbocycles. The van der Waals surface area contributed by atoms with E-state index in [1.165, 1.54) is 19.2 Å². The molecule has 29 heavy (non-hydrogen) atoms. The van der Waals surface area contributed by atoms with Gasteiger partial charge in [-0.25, -0.2) is 9.18 Å². The first-order valence-electron chi connectivity index (χ1n) is 9.63. The molecule has 2 fully saturated rings. The van der Waals surface area contributed by atoms with Gasteiger partial charge in [-0.3, -0.25) is 4.90 Å². The van der Waals surface area contributed by atoms with Crippen LogP contribution in [-0.2, 0) is 21.7 Å². The van der Waals surface area contributed by atoms with Crippen LogP contribution in [0.25, 0.3) is 0 Å². The average molecular weight is 401 g/mol. The zero-order valence-corrected chi connectivity index (χ0v) is 16.2. The van der Waals surface area contributed by atoms with E-state index in [4.69, 9.17) is 14.2 Å². The maximum absolute atomic E-state index is 14.2. The van der Waals surface area contributed by atoms with Gasteiger partial charge in [0.25, 0.3) is 0 Å². The summed E-state index contributed by atoms with van der Waals surface area (Å²) in [5.41, 5.74) is 0.136. The Morgan fingerprint density at radius 1 is 1.21 bits per heavy atom. The number of morpholine rings is 1. The van der Waals surface area contributed by atoms with Gasteiger partial charge in [0.1, 0.15) is 6.61 Å². The van der Waals surface area contributed by atoms with E-state index in [2.05, 4.69) is 0 Å². The second kappa shape index (κ2) is 8.00. The maximum atomic E-state index is 14.2. The van der Waals surface area contributed by atoms with Crippen LogP contribution in [0.15, 0.2) is 48.5 Å². The normalized spacial score (nSPS) is 26.1. The van der Waals surface area contributed by atoms with Crippen molar-refractivity contribution < 1.29 is 28.5 Å². The second-order valence-electron chi connectivity index (χ2n) is 7.58. The van der Waals surface area contributed by atoms with Crippen LogP contribution in [-0.4, -0.2) is 48.5 Å². The SMILES string of the molecule is COc1ccc(C2(O)CC3COCC(C2)N3C(=O)OCc2ccccc2)cc1F. The number of piperidine rings is 1. The number of rotatable bonds is 4. The van der Waals surface area contributed by atoms with Crippen molar-refractivity contribution in [1.29, 1.82) is 0 Å². The summed E-state index contributed by atoms with van der Waals surface area (Å²) in [7, 11) is 1.40. The Morgan fingerprint density at radius 3 is 2.52 bits per heavy atom. The number of amides is 1. The summed E-state index contributed by atoms with van der Waals surface area (Å²) in [4.78, 5) is 14.4. The third-order valence-electron chi connectivity index (χ3n) is 5.66. The number of benzene rings is 2. The molecule has 2 aliphatic rings. The number of aliphatic hydroxyl groups is 1. The van der Waals surface area contributed by atoms with Crippen LogP contribution in [0.4, 0.5) is 9.18 Å². The van der Waals surface area contributed by atoms with Gasteiger partial charge in [0.05, 0.1) is 38.0 Å². The molecule has 4 rings (SSSR count). The van der Waals surface area contributed by atoms with Gasteiger partial charge in [-0.15, -0.1) is 0 Å². The van der Waals surface area contributed by atoms with E-state index in [0.717, 1.165) is 5.56 Å². The lowest BCUT2D eigenvalue weighted by atomic mass is 9.77. The minimum absolute atomic E-state index is 0.128. The number of fused-ring (bicyclic) bond motifs is 2. The van der Waals surface area contributed by atoms with Crippen molar-refractivity contribution in [1.82, 2.24) is 4.90 Å². The lowest BCUT2D eigenvalue weighted by molar-refractivity contribution is -0.137. The first kappa shape index (κ1) is 19.7. The molecule has 2 aromatic rings. The van der Waals surface area contributed by atoms with E-state index in [1.54, 1.807) is 11.0 Å². The Bertz CT molecular complexity index is 861. The molecule has 154 valence electrons. The van der Waals surface area contributed by atoms with Gasteiger partial charge in [0.2, 0.25) is 0 Å². The minimum atomic E-state index is -1.25. The molecule has 1 amide bonds. The van der Waals surface area contributed by atoms with E-state index in [-0.39, 0.29) is 37.3 Å². The van der Waals surface area contributed by atoms with Crippen LogP contribution in [0.1, 0.15) is 24.0 Å². The number of halogens is 1. The van der Waals surface area contributed by atoms with Crippen LogP contribution in [0, 0.1) is 5.82 Å². The third kappa shape index (κ3) is 3.93. The monoisotopic (exact) mass is 401 g/mol. The van der Waals surface area contributed by atoms with Crippen molar-refractivity contribution >= 4 is 6.09 Å². The number of nitrogens with zero attached hydrogens (tertiary/aromatic N) is 1. The first-order chi connectivity index (χ1) is 14.0. The lowest BCUT2D eigenvalue weighted by Crippen LogP contribution is -2.62. The molecule has 2 heterocycles. The second-order valence-corrected chi connectivity index (χ2v) is 7.58. The van der Waals surface area contributed by atoms with Gasteiger partial charge in [-0.2, -0.15) is 0 Å². The number of carbonyl (C=O) groups excluding carboxylic acids is 1. The van der Waals surface area contributed by atoms with Crippen molar-refractivity contribution in [2.75, 3.05) is 20.3 Å². The standard InChI is InChI=1S/C22H24FNO5/c1-27-20-8-7-16(9-19(20)23)22(26)10-17-13-28-14-18(11-22)24(17)21(25)29-12-15-5-3-2-4-6-15/h2-9,17-18,26H,10-14H2,1H3. The highest BCUT2D eigenvalue weighted by atomic mass is 19.1. The van der Waals surface area contributed by atoms with Crippen LogP contribution in [0.3, 0.4) is 0 Å². The topological polar surface area (TPSA) is 68.2 Å². The number of ether oxygens (including phenoxy) is 3. The summed E-state index contributed by atoms with van der Waals surface area (Å²) in [5.74, 6) is -0.396. The highest BCUT2D eigenvalue weighted by Crippen LogP contribution is 2.42. The summed E-state index contributed by atoms with van der Waals surface area (Å²) in [6, 6.07) is 13.3. The summed E-state index contributed by atoms with van der Waals surface area (Å²) in [6.07, 6.45) is 0.0703. The molecular formula is C22H24FNO5. The smallest absolute Gasteiger partial charge is 0.410 e. The lowest BCUT2D eigenvalue weighted by Gasteiger charge is -2.51. The van der Waals surface area contributed by atoms with E-state index in [9.17, 15) is 14.3 Å². The Kier molecular flexibility index (Phi) is 5.43. The van der Waals surface area contributed by atoms with Gasteiger partial charge in [0, 0.05) is 12.8 Å². The Morgan fingerprint density at radius 2 is 1.90 bits per heavy atom. The molecule has 1 N–H and O–H groups in total. The van der Waals surface area contributed by atoms with Crippen molar-refractivity contribution in [3.63, 3.8) is 0 Å². The Labute approximate surface area is 168 Å². The van der Waals surface area contributed by atoms with Crippen LogP contribution < -0.4 is 4.74 Å². The van der Waals surface area contributed by atoms with Gasteiger partial charge in [-0.05, 0) is 23.3 Å².